The van der Waals surface area contributed by atoms with Crippen LogP contribution in [-0.2, 0) is 4.74 Å². The molecule has 0 fully saturated rings. The van der Waals surface area contributed by atoms with Crippen LogP contribution in [0.2, 0.25) is 19.6 Å². The summed E-state index contributed by atoms with van der Waals surface area (Å²) in [6, 6.07) is 10.1. The van der Waals surface area contributed by atoms with E-state index in [1.165, 1.54) is 0 Å². The minimum atomic E-state index is -1.58. The zero-order valence-corrected chi connectivity index (χ0v) is 13.8. The van der Waals surface area contributed by atoms with Crippen LogP contribution in [0.3, 0.4) is 0 Å². The van der Waals surface area contributed by atoms with Crippen LogP contribution in [0.4, 0.5) is 4.79 Å². The van der Waals surface area contributed by atoms with E-state index < -0.39 is 13.7 Å². The third-order valence-electron chi connectivity index (χ3n) is 2.66. The molecule has 0 aliphatic carbocycles. The number of hydrogen-bond donors (Lipinski definition) is 1. The molecule has 4 heteroatoms. The maximum atomic E-state index is 12.0. The minimum Gasteiger partial charge on any atom is -0.444 e. The molecule has 19 heavy (non-hydrogen) atoms. The van der Waals surface area contributed by atoms with Crippen LogP contribution in [0.25, 0.3) is 0 Å². The molecule has 1 unspecified atom stereocenters. The van der Waals surface area contributed by atoms with Gasteiger partial charge in [-0.25, -0.2) is 4.79 Å². The van der Waals surface area contributed by atoms with Crippen molar-refractivity contribution in [2.45, 2.75) is 51.7 Å². The number of amides is 1. The van der Waals surface area contributed by atoms with Gasteiger partial charge in [0, 0.05) is 5.67 Å². The van der Waals surface area contributed by atoms with Crippen molar-refractivity contribution in [3.8, 4) is 0 Å². The maximum absolute atomic E-state index is 12.0. The Morgan fingerprint density at radius 1 is 1.16 bits per heavy atom. The molecule has 1 N–H and O–H groups in total. The van der Waals surface area contributed by atoms with Gasteiger partial charge in [-0.05, 0) is 26.3 Å². The van der Waals surface area contributed by atoms with Gasteiger partial charge in [-0.1, -0.05) is 50.0 Å². The Kier molecular flexibility index (Phi) is 4.79. The van der Waals surface area contributed by atoms with Crippen molar-refractivity contribution in [2.75, 3.05) is 0 Å². The first-order valence-corrected chi connectivity index (χ1v) is 10.2. The molecule has 3 nitrogen and oxygen atoms in total. The molecule has 0 aliphatic heterocycles. The van der Waals surface area contributed by atoms with Gasteiger partial charge in [0.1, 0.15) is 5.60 Å². The number of carbonyl (C=O) groups excluding carboxylic acids is 1. The summed E-state index contributed by atoms with van der Waals surface area (Å²) in [6.45, 7) is 12.3. The van der Waals surface area contributed by atoms with Crippen molar-refractivity contribution in [1.82, 2.24) is 5.32 Å². The lowest BCUT2D eigenvalue weighted by Gasteiger charge is -2.31. The fraction of sp³-hybridized carbons (Fsp3) is 0.533. The molecule has 0 bridgehead atoms. The molecule has 0 aromatic heterocycles. The highest BCUT2D eigenvalue weighted by Crippen LogP contribution is 2.24. The Bertz CT molecular complexity index is 418. The number of ether oxygens (including phenoxy) is 1. The number of hydrogen-bond acceptors (Lipinski definition) is 2. The van der Waals surface area contributed by atoms with E-state index >= 15 is 0 Å². The molecule has 1 aromatic rings. The van der Waals surface area contributed by atoms with Crippen LogP contribution in [0.5, 0.6) is 0 Å². The number of carbonyl (C=O) groups is 1. The first kappa shape index (κ1) is 15.8. The van der Waals surface area contributed by atoms with Gasteiger partial charge in [0.05, 0.1) is 8.07 Å². The van der Waals surface area contributed by atoms with Gasteiger partial charge < -0.3 is 10.1 Å². The molecule has 1 atom stereocenters. The lowest BCUT2D eigenvalue weighted by atomic mass is 10.2. The molecular weight excluding hydrogens is 254 g/mol. The van der Waals surface area contributed by atoms with E-state index in [1.807, 2.05) is 39.0 Å². The molecule has 0 saturated carbocycles. The molecule has 0 aliphatic rings. The normalized spacial score (nSPS) is 13.8. The van der Waals surface area contributed by atoms with Crippen molar-refractivity contribution in [3.63, 3.8) is 0 Å². The lowest BCUT2D eigenvalue weighted by molar-refractivity contribution is 0.0518. The average Bonchev–Trinajstić information content (AvgIpc) is 2.23. The summed E-state index contributed by atoms with van der Waals surface area (Å²) in [7, 11) is -1.58. The molecule has 1 aromatic carbocycles. The number of alkyl carbamates (subject to hydrolysis) is 1. The quantitative estimate of drug-likeness (QED) is 0.845. The zero-order valence-electron chi connectivity index (χ0n) is 12.8. The standard InChI is InChI=1S/C15H25NO2Si/c1-15(2,3)18-14(17)16-13(19(4,5)6)12-10-8-7-9-11-12/h7-11,13H,1-6H3,(H,16,17). The Morgan fingerprint density at radius 2 is 1.68 bits per heavy atom. The van der Waals surface area contributed by atoms with Gasteiger partial charge in [0.2, 0.25) is 0 Å². The van der Waals surface area contributed by atoms with E-state index in [-0.39, 0.29) is 11.8 Å². The molecule has 106 valence electrons. The van der Waals surface area contributed by atoms with Crippen molar-refractivity contribution in [1.29, 1.82) is 0 Å². The second-order valence-electron chi connectivity index (χ2n) is 6.86. The first-order valence-electron chi connectivity index (χ1n) is 6.64. The van der Waals surface area contributed by atoms with Crippen molar-refractivity contribution in [2.24, 2.45) is 0 Å². The van der Waals surface area contributed by atoms with Crippen LogP contribution in [0, 0.1) is 0 Å². The summed E-state index contributed by atoms with van der Waals surface area (Å²) in [5.41, 5.74) is 0.737. The monoisotopic (exact) mass is 279 g/mol. The largest absolute Gasteiger partial charge is 0.444 e. The van der Waals surface area contributed by atoms with Crippen LogP contribution < -0.4 is 5.32 Å². The van der Waals surface area contributed by atoms with Crippen LogP contribution in [-0.4, -0.2) is 19.8 Å². The Morgan fingerprint density at radius 3 is 2.11 bits per heavy atom. The predicted octanol–water partition coefficient (Wildman–Crippen LogP) is 4.13. The van der Waals surface area contributed by atoms with Gasteiger partial charge in [0.15, 0.2) is 0 Å². The zero-order chi connectivity index (χ0) is 14.7. The lowest BCUT2D eigenvalue weighted by Crippen LogP contribution is -2.45. The third kappa shape index (κ3) is 5.47. The molecular formula is C15H25NO2Si. The SMILES string of the molecule is CC(C)(C)OC(=O)NC(c1ccccc1)[Si](C)(C)C. The van der Waals surface area contributed by atoms with E-state index in [2.05, 4.69) is 37.1 Å². The van der Waals surface area contributed by atoms with Gasteiger partial charge >= 0.3 is 6.09 Å². The summed E-state index contributed by atoms with van der Waals surface area (Å²) in [4.78, 5) is 12.0. The van der Waals surface area contributed by atoms with E-state index in [1.54, 1.807) is 0 Å². The Balaban J connectivity index is 2.87. The van der Waals surface area contributed by atoms with Crippen LogP contribution >= 0.6 is 0 Å². The summed E-state index contributed by atoms with van der Waals surface area (Å²) in [5.74, 6) is 0. The maximum Gasteiger partial charge on any atom is 0.407 e. The predicted molar refractivity (Wildman–Crippen MR) is 81.9 cm³/mol. The second-order valence-corrected chi connectivity index (χ2v) is 12.2. The molecule has 1 rings (SSSR count). The van der Waals surface area contributed by atoms with Gasteiger partial charge in [-0.2, -0.15) is 0 Å². The van der Waals surface area contributed by atoms with Gasteiger partial charge in [-0.3, -0.25) is 0 Å². The second kappa shape index (κ2) is 5.78. The molecule has 0 radical (unpaired) electrons. The third-order valence-corrected chi connectivity index (χ3v) is 4.87. The van der Waals surface area contributed by atoms with Crippen LogP contribution in [0.15, 0.2) is 30.3 Å². The van der Waals surface area contributed by atoms with Crippen molar-refractivity contribution >= 4 is 14.2 Å². The van der Waals surface area contributed by atoms with E-state index in [9.17, 15) is 4.79 Å². The summed E-state index contributed by atoms with van der Waals surface area (Å²) < 4.78 is 5.36. The number of nitrogens with one attached hydrogen (secondary N) is 1. The van der Waals surface area contributed by atoms with Crippen molar-refractivity contribution < 1.29 is 9.53 Å². The highest BCUT2D eigenvalue weighted by atomic mass is 28.3. The Labute approximate surface area is 117 Å². The fourth-order valence-corrected chi connectivity index (χ4v) is 3.61. The molecule has 0 saturated heterocycles. The summed E-state index contributed by atoms with van der Waals surface area (Å²) >= 11 is 0. The van der Waals surface area contributed by atoms with E-state index in [0.29, 0.717) is 0 Å². The van der Waals surface area contributed by atoms with Gasteiger partial charge in [0.25, 0.3) is 0 Å². The molecule has 0 spiro atoms. The van der Waals surface area contributed by atoms with Crippen LogP contribution in [0.1, 0.15) is 32.0 Å². The smallest absolute Gasteiger partial charge is 0.407 e. The average molecular weight is 279 g/mol. The van der Waals surface area contributed by atoms with Gasteiger partial charge in [-0.15, -0.1) is 0 Å². The fourth-order valence-electron chi connectivity index (χ4n) is 1.87. The number of benzene rings is 1. The number of rotatable bonds is 3. The highest BCUT2D eigenvalue weighted by Gasteiger charge is 2.31. The molecule has 1 amide bonds. The Hall–Kier alpha value is -1.29. The molecule has 0 heterocycles. The summed E-state index contributed by atoms with van der Waals surface area (Å²) in [6.07, 6.45) is -0.344. The van der Waals surface area contributed by atoms with E-state index in [4.69, 9.17) is 4.74 Å². The first-order chi connectivity index (χ1) is 8.59. The highest BCUT2D eigenvalue weighted by molar-refractivity contribution is 6.77. The summed E-state index contributed by atoms with van der Waals surface area (Å²) in [5, 5.41) is 3.03. The minimum absolute atomic E-state index is 0.0588. The van der Waals surface area contributed by atoms with E-state index in [0.717, 1.165) is 5.56 Å². The van der Waals surface area contributed by atoms with Crippen molar-refractivity contribution in [3.05, 3.63) is 35.9 Å². The topological polar surface area (TPSA) is 38.3 Å².